The maximum atomic E-state index is 12.3. The van der Waals surface area contributed by atoms with Crippen LogP contribution in [0.3, 0.4) is 0 Å². The van der Waals surface area contributed by atoms with E-state index >= 15 is 0 Å². The number of carbonyl (C=O) groups excluding carboxylic acids is 2. The summed E-state index contributed by atoms with van der Waals surface area (Å²) in [4.78, 5) is 28.8. The molecule has 0 aliphatic carbocycles. The van der Waals surface area contributed by atoms with E-state index in [2.05, 4.69) is 10.2 Å². The smallest absolute Gasteiger partial charge is 0.335 e. The number of benzene rings is 1. The van der Waals surface area contributed by atoms with Gasteiger partial charge in [0.05, 0.1) is 12.4 Å². The lowest BCUT2D eigenvalue weighted by atomic mass is 10.2. The average molecular weight is 285 g/mol. The molecule has 0 N–H and O–H groups in total. The van der Waals surface area contributed by atoms with Crippen LogP contribution in [-0.4, -0.2) is 62.9 Å². The fourth-order valence-corrected chi connectivity index (χ4v) is 2.31. The van der Waals surface area contributed by atoms with E-state index in [-0.39, 0.29) is 11.9 Å². The van der Waals surface area contributed by atoms with Crippen molar-refractivity contribution in [3.63, 3.8) is 0 Å². The molecule has 7 heteroatoms. The number of carbonyl (C=O) groups is 2. The second-order valence-corrected chi connectivity index (χ2v) is 4.75. The molecular formula is C14H15N5O2. The van der Waals surface area contributed by atoms with Crippen LogP contribution in [0.4, 0.5) is 4.79 Å². The standard InChI is InChI=1S/C14H15N5O2/c20-13(12-4-2-1-3-5-12)17-8-10-18(11-9-17)14(21)19-15-6-7-16-19/h1-7H,8-11H2. The Kier molecular flexibility index (Phi) is 3.63. The Labute approximate surface area is 121 Å². The molecule has 2 heterocycles. The van der Waals surface area contributed by atoms with Crippen LogP contribution < -0.4 is 0 Å². The third-order valence-electron chi connectivity index (χ3n) is 3.45. The summed E-state index contributed by atoms with van der Waals surface area (Å²) in [6.07, 6.45) is 2.93. The minimum Gasteiger partial charge on any atom is -0.335 e. The van der Waals surface area contributed by atoms with Crippen LogP contribution in [0.1, 0.15) is 10.4 Å². The van der Waals surface area contributed by atoms with Gasteiger partial charge in [-0.25, -0.2) is 4.79 Å². The maximum Gasteiger partial charge on any atom is 0.362 e. The van der Waals surface area contributed by atoms with Gasteiger partial charge in [-0.2, -0.15) is 10.2 Å². The third kappa shape index (κ3) is 2.76. The summed E-state index contributed by atoms with van der Waals surface area (Å²) in [7, 11) is 0. The number of aromatic nitrogens is 3. The lowest BCUT2D eigenvalue weighted by Crippen LogP contribution is -2.51. The molecule has 0 spiro atoms. The molecule has 0 bridgehead atoms. The summed E-state index contributed by atoms with van der Waals surface area (Å²) in [5.74, 6) is -0.0000804. The van der Waals surface area contributed by atoms with Crippen LogP contribution in [0.2, 0.25) is 0 Å². The summed E-state index contributed by atoms with van der Waals surface area (Å²) >= 11 is 0. The Bertz CT molecular complexity index is 618. The molecule has 1 fully saturated rings. The molecular weight excluding hydrogens is 270 g/mol. The summed E-state index contributed by atoms with van der Waals surface area (Å²) < 4.78 is 0. The second-order valence-electron chi connectivity index (χ2n) is 4.75. The van der Waals surface area contributed by atoms with Gasteiger partial charge in [-0.15, -0.1) is 0 Å². The molecule has 1 aromatic heterocycles. The van der Waals surface area contributed by atoms with Gasteiger partial charge in [-0.1, -0.05) is 23.0 Å². The Morgan fingerprint density at radius 3 is 2.05 bits per heavy atom. The van der Waals surface area contributed by atoms with Gasteiger partial charge in [0, 0.05) is 31.7 Å². The summed E-state index contributed by atoms with van der Waals surface area (Å²) in [6, 6.07) is 8.91. The van der Waals surface area contributed by atoms with Gasteiger partial charge in [-0.3, -0.25) is 4.79 Å². The van der Waals surface area contributed by atoms with Crippen LogP contribution in [0, 0.1) is 0 Å². The number of rotatable bonds is 1. The average Bonchev–Trinajstić information content (AvgIpc) is 3.09. The zero-order valence-electron chi connectivity index (χ0n) is 11.4. The topological polar surface area (TPSA) is 71.3 Å². The van der Waals surface area contributed by atoms with E-state index in [0.29, 0.717) is 31.7 Å². The quantitative estimate of drug-likeness (QED) is 0.773. The SMILES string of the molecule is O=C(c1ccccc1)N1CCN(C(=O)n2nccn2)CC1. The molecule has 0 unspecified atom stereocenters. The first-order chi connectivity index (χ1) is 10.3. The molecule has 2 amide bonds. The monoisotopic (exact) mass is 285 g/mol. The van der Waals surface area contributed by atoms with Gasteiger partial charge in [0.2, 0.25) is 0 Å². The fraction of sp³-hybridized carbons (Fsp3) is 0.286. The highest BCUT2D eigenvalue weighted by Crippen LogP contribution is 2.09. The van der Waals surface area contributed by atoms with Gasteiger partial charge in [0.1, 0.15) is 0 Å². The first-order valence-electron chi connectivity index (χ1n) is 6.75. The molecule has 0 atom stereocenters. The normalized spacial score (nSPS) is 15.0. The number of hydrogen-bond acceptors (Lipinski definition) is 4. The van der Waals surface area contributed by atoms with Crippen LogP contribution >= 0.6 is 0 Å². The van der Waals surface area contributed by atoms with Crippen molar-refractivity contribution in [3.8, 4) is 0 Å². The number of piperazine rings is 1. The molecule has 1 aromatic carbocycles. The van der Waals surface area contributed by atoms with Crippen molar-refractivity contribution in [1.82, 2.24) is 24.8 Å². The molecule has 108 valence electrons. The van der Waals surface area contributed by atoms with E-state index in [1.54, 1.807) is 21.9 Å². The zero-order valence-corrected chi connectivity index (χ0v) is 11.4. The zero-order chi connectivity index (χ0) is 14.7. The predicted molar refractivity (Wildman–Crippen MR) is 74.7 cm³/mol. The van der Waals surface area contributed by atoms with Gasteiger partial charge in [-0.05, 0) is 12.1 Å². The molecule has 1 saturated heterocycles. The van der Waals surface area contributed by atoms with E-state index in [0.717, 1.165) is 4.80 Å². The Balaban J connectivity index is 1.60. The van der Waals surface area contributed by atoms with Crippen molar-refractivity contribution in [2.24, 2.45) is 0 Å². The summed E-state index contributed by atoms with van der Waals surface area (Å²) in [5, 5.41) is 7.65. The van der Waals surface area contributed by atoms with Crippen molar-refractivity contribution in [3.05, 3.63) is 48.3 Å². The molecule has 1 aliphatic heterocycles. The first kappa shape index (κ1) is 13.3. The Morgan fingerprint density at radius 1 is 0.857 bits per heavy atom. The predicted octanol–water partition coefficient (Wildman–Crippen LogP) is 0.704. The minimum atomic E-state index is -0.258. The van der Waals surface area contributed by atoms with Gasteiger partial charge in [0.15, 0.2) is 0 Å². The molecule has 2 aromatic rings. The highest BCUT2D eigenvalue weighted by atomic mass is 16.2. The molecule has 3 rings (SSSR count). The van der Waals surface area contributed by atoms with Crippen LogP contribution in [0.5, 0.6) is 0 Å². The Morgan fingerprint density at radius 2 is 1.43 bits per heavy atom. The number of hydrogen-bond donors (Lipinski definition) is 0. The summed E-state index contributed by atoms with van der Waals surface area (Å²) in [6.45, 7) is 2.00. The van der Waals surface area contributed by atoms with Crippen molar-refractivity contribution in [1.29, 1.82) is 0 Å². The van der Waals surface area contributed by atoms with Crippen molar-refractivity contribution in [2.45, 2.75) is 0 Å². The van der Waals surface area contributed by atoms with Gasteiger partial charge >= 0.3 is 6.03 Å². The van der Waals surface area contributed by atoms with E-state index < -0.39 is 0 Å². The van der Waals surface area contributed by atoms with E-state index in [9.17, 15) is 9.59 Å². The van der Waals surface area contributed by atoms with Gasteiger partial charge < -0.3 is 9.80 Å². The second kappa shape index (κ2) is 5.74. The highest BCUT2D eigenvalue weighted by molar-refractivity contribution is 5.94. The summed E-state index contributed by atoms with van der Waals surface area (Å²) in [5.41, 5.74) is 0.672. The Hall–Kier alpha value is -2.70. The fourth-order valence-electron chi connectivity index (χ4n) is 2.31. The highest BCUT2D eigenvalue weighted by Gasteiger charge is 2.26. The largest absolute Gasteiger partial charge is 0.362 e. The third-order valence-corrected chi connectivity index (χ3v) is 3.45. The molecule has 1 aliphatic rings. The number of nitrogens with zero attached hydrogens (tertiary/aromatic N) is 5. The van der Waals surface area contributed by atoms with E-state index in [1.165, 1.54) is 12.4 Å². The molecule has 7 nitrogen and oxygen atoms in total. The maximum absolute atomic E-state index is 12.3. The number of amides is 2. The van der Waals surface area contributed by atoms with Crippen molar-refractivity contribution in [2.75, 3.05) is 26.2 Å². The van der Waals surface area contributed by atoms with Crippen LogP contribution in [0.25, 0.3) is 0 Å². The van der Waals surface area contributed by atoms with Crippen LogP contribution in [-0.2, 0) is 0 Å². The lowest BCUT2D eigenvalue weighted by molar-refractivity contribution is 0.0662. The molecule has 0 saturated carbocycles. The lowest BCUT2D eigenvalue weighted by Gasteiger charge is -2.34. The van der Waals surface area contributed by atoms with Gasteiger partial charge in [0.25, 0.3) is 5.91 Å². The first-order valence-corrected chi connectivity index (χ1v) is 6.75. The van der Waals surface area contributed by atoms with E-state index in [1.807, 2.05) is 18.2 Å². The van der Waals surface area contributed by atoms with E-state index in [4.69, 9.17) is 0 Å². The minimum absolute atomic E-state index is 0.0000804. The van der Waals surface area contributed by atoms with Crippen molar-refractivity contribution < 1.29 is 9.59 Å². The van der Waals surface area contributed by atoms with Crippen molar-refractivity contribution >= 4 is 11.9 Å². The molecule has 0 radical (unpaired) electrons. The molecule has 21 heavy (non-hydrogen) atoms. The van der Waals surface area contributed by atoms with Crippen LogP contribution in [0.15, 0.2) is 42.7 Å².